The van der Waals surface area contributed by atoms with Crippen molar-refractivity contribution in [3.05, 3.63) is 94.5 Å². The highest BCUT2D eigenvalue weighted by molar-refractivity contribution is 9.10. The number of carbonyl (C=O) groups excluding carboxylic acids is 2. The molecule has 2 amide bonds. The van der Waals surface area contributed by atoms with Crippen molar-refractivity contribution in [1.82, 2.24) is 10.2 Å². The lowest BCUT2D eigenvalue weighted by Crippen LogP contribution is -2.55. The van der Waals surface area contributed by atoms with Gasteiger partial charge < -0.3 is 15.0 Å². The van der Waals surface area contributed by atoms with Crippen LogP contribution in [-0.4, -0.2) is 57.1 Å². The summed E-state index contributed by atoms with van der Waals surface area (Å²) in [5.74, 6) is -0.107. The maximum Gasteiger partial charge on any atom is 0.244 e. The SMILES string of the molecule is COc1cccc(CN(C(=O)CN(c2ccccc2Br)S(C)(=O)=O)[C@@H](Cc2ccccc2)C(=O)NC2CCCCC2)c1. The maximum atomic E-state index is 14.3. The maximum absolute atomic E-state index is 14.3. The highest BCUT2D eigenvalue weighted by Gasteiger charge is 2.34. The average molecular weight is 657 g/mol. The van der Waals surface area contributed by atoms with Gasteiger partial charge in [0.2, 0.25) is 21.8 Å². The van der Waals surface area contributed by atoms with Crippen molar-refractivity contribution in [3.63, 3.8) is 0 Å². The molecule has 1 saturated carbocycles. The van der Waals surface area contributed by atoms with E-state index < -0.39 is 28.5 Å². The molecule has 1 atom stereocenters. The van der Waals surface area contributed by atoms with Crippen molar-refractivity contribution in [3.8, 4) is 5.75 Å². The number of methoxy groups -OCH3 is 1. The number of nitrogens with one attached hydrogen (secondary N) is 1. The van der Waals surface area contributed by atoms with E-state index in [1.54, 1.807) is 31.4 Å². The predicted octanol–water partition coefficient (Wildman–Crippen LogP) is 5.31. The van der Waals surface area contributed by atoms with E-state index in [2.05, 4.69) is 21.2 Å². The molecule has 0 saturated heterocycles. The Balaban J connectivity index is 1.74. The van der Waals surface area contributed by atoms with Gasteiger partial charge in [0.05, 0.1) is 19.1 Å². The number of nitrogens with zero attached hydrogens (tertiary/aromatic N) is 2. The first kappa shape index (κ1) is 31.6. The standard InChI is InChI=1S/C32H38BrN3O5S/c1-41-27-17-11-14-25(20-27)22-35(31(37)23-36(42(2,39)40)29-19-10-9-18-28(29)33)30(21-24-12-5-3-6-13-24)32(38)34-26-15-7-4-8-16-26/h3,5-6,9-14,17-20,26,30H,4,7-8,15-16,21-23H2,1-2H3,(H,34,38)/t30-/m0/s1. The summed E-state index contributed by atoms with van der Waals surface area (Å²) in [6.45, 7) is -0.368. The van der Waals surface area contributed by atoms with Crippen molar-refractivity contribution in [2.45, 2.75) is 57.2 Å². The number of para-hydroxylation sites is 1. The second kappa shape index (κ2) is 14.7. The van der Waals surface area contributed by atoms with E-state index in [1.807, 2.05) is 54.6 Å². The Kier molecular flexibility index (Phi) is 11.0. The van der Waals surface area contributed by atoms with Gasteiger partial charge in [0.15, 0.2) is 0 Å². The first-order valence-corrected chi connectivity index (χ1v) is 16.8. The molecule has 0 spiro atoms. The second-order valence-corrected chi connectivity index (χ2v) is 13.4. The van der Waals surface area contributed by atoms with Gasteiger partial charge in [-0.25, -0.2) is 8.42 Å². The fourth-order valence-corrected chi connectivity index (χ4v) is 6.79. The minimum Gasteiger partial charge on any atom is -0.497 e. The Hall–Kier alpha value is -3.37. The number of carbonyl (C=O) groups is 2. The number of rotatable bonds is 12. The molecule has 1 aliphatic carbocycles. The van der Waals surface area contributed by atoms with Crippen LogP contribution in [0, 0.1) is 0 Å². The number of hydrogen-bond acceptors (Lipinski definition) is 5. The van der Waals surface area contributed by atoms with Crippen molar-refractivity contribution in [2.24, 2.45) is 0 Å². The summed E-state index contributed by atoms with van der Waals surface area (Å²) in [4.78, 5) is 29.8. The number of sulfonamides is 1. The molecule has 1 N–H and O–H groups in total. The lowest BCUT2D eigenvalue weighted by molar-refractivity contribution is -0.140. The molecule has 10 heteroatoms. The van der Waals surface area contributed by atoms with Crippen LogP contribution in [0.25, 0.3) is 0 Å². The molecule has 0 heterocycles. The summed E-state index contributed by atoms with van der Waals surface area (Å²) < 4.78 is 33.0. The molecule has 3 aromatic carbocycles. The van der Waals surface area contributed by atoms with Gasteiger partial charge >= 0.3 is 0 Å². The Morgan fingerprint density at radius 1 is 0.952 bits per heavy atom. The Labute approximate surface area is 257 Å². The minimum absolute atomic E-state index is 0.0473. The lowest BCUT2D eigenvalue weighted by atomic mass is 9.94. The number of ether oxygens (including phenoxy) is 1. The zero-order valence-electron chi connectivity index (χ0n) is 24.0. The predicted molar refractivity (Wildman–Crippen MR) is 169 cm³/mol. The van der Waals surface area contributed by atoms with E-state index in [-0.39, 0.29) is 24.9 Å². The third kappa shape index (κ3) is 8.58. The van der Waals surface area contributed by atoms with Crippen molar-refractivity contribution in [2.75, 3.05) is 24.2 Å². The molecule has 0 aromatic heterocycles. The average Bonchev–Trinajstić information content (AvgIpc) is 2.98. The van der Waals surface area contributed by atoms with Gasteiger partial charge in [0.1, 0.15) is 18.3 Å². The normalized spacial score (nSPS) is 14.5. The van der Waals surface area contributed by atoms with E-state index in [4.69, 9.17) is 4.74 Å². The third-order valence-electron chi connectivity index (χ3n) is 7.51. The number of amides is 2. The van der Waals surface area contributed by atoms with Crippen molar-refractivity contribution < 1.29 is 22.7 Å². The first-order chi connectivity index (χ1) is 20.2. The van der Waals surface area contributed by atoms with Crippen LogP contribution in [0.1, 0.15) is 43.2 Å². The molecule has 3 aromatic rings. The Morgan fingerprint density at radius 2 is 1.62 bits per heavy atom. The molecule has 1 aliphatic rings. The molecule has 42 heavy (non-hydrogen) atoms. The van der Waals surface area contributed by atoms with Gasteiger partial charge in [-0.2, -0.15) is 0 Å². The van der Waals surface area contributed by atoms with Gasteiger partial charge in [0.25, 0.3) is 0 Å². The van der Waals surface area contributed by atoms with Gasteiger partial charge in [0, 0.05) is 23.5 Å². The van der Waals surface area contributed by atoms with Crippen LogP contribution in [0.2, 0.25) is 0 Å². The summed E-state index contributed by atoms with van der Waals surface area (Å²) >= 11 is 3.43. The molecule has 1 fully saturated rings. The van der Waals surface area contributed by atoms with E-state index in [1.165, 1.54) is 4.90 Å². The van der Waals surface area contributed by atoms with Crippen molar-refractivity contribution in [1.29, 1.82) is 0 Å². The van der Waals surface area contributed by atoms with E-state index >= 15 is 0 Å². The van der Waals surface area contributed by atoms with Gasteiger partial charge in [-0.15, -0.1) is 0 Å². The van der Waals surface area contributed by atoms with Crippen LogP contribution in [0.4, 0.5) is 5.69 Å². The van der Waals surface area contributed by atoms with Gasteiger partial charge in [-0.05, 0) is 64.2 Å². The number of benzene rings is 3. The lowest BCUT2D eigenvalue weighted by Gasteiger charge is -2.35. The smallest absolute Gasteiger partial charge is 0.244 e. The summed E-state index contributed by atoms with van der Waals surface area (Å²) in [5.41, 5.74) is 2.01. The summed E-state index contributed by atoms with van der Waals surface area (Å²) in [6, 6.07) is 22.9. The fourth-order valence-electron chi connectivity index (χ4n) is 5.31. The Bertz CT molecular complexity index is 1460. The van der Waals surface area contributed by atoms with Crippen LogP contribution < -0.4 is 14.4 Å². The molecule has 0 bridgehead atoms. The molecule has 0 radical (unpaired) electrons. The van der Waals surface area contributed by atoms with Gasteiger partial charge in [-0.1, -0.05) is 73.9 Å². The van der Waals surface area contributed by atoms with Crippen molar-refractivity contribution >= 4 is 43.5 Å². The Morgan fingerprint density at radius 3 is 2.29 bits per heavy atom. The zero-order valence-corrected chi connectivity index (χ0v) is 26.4. The summed E-state index contributed by atoms with van der Waals surface area (Å²) in [5, 5.41) is 3.21. The third-order valence-corrected chi connectivity index (χ3v) is 9.31. The summed E-state index contributed by atoms with van der Waals surface area (Å²) in [7, 11) is -2.28. The van der Waals surface area contributed by atoms with E-state index in [0.29, 0.717) is 15.9 Å². The zero-order chi connectivity index (χ0) is 30.1. The number of halogens is 1. The largest absolute Gasteiger partial charge is 0.497 e. The highest BCUT2D eigenvalue weighted by Crippen LogP contribution is 2.28. The molecular formula is C32H38BrN3O5S. The summed E-state index contributed by atoms with van der Waals surface area (Å²) in [6.07, 6.45) is 6.41. The van der Waals surface area contributed by atoms with Crippen LogP contribution in [-0.2, 0) is 32.6 Å². The first-order valence-electron chi connectivity index (χ1n) is 14.1. The molecule has 8 nitrogen and oxygen atoms in total. The quantitative estimate of drug-likeness (QED) is 0.285. The number of hydrogen-bond donors (Lipinski definition) is 1. The van der Waals surface area contributed by atoms with Gasteiger partial charge in [-0.3, -0.25) is 13.9 Å². The molecule has 0 unspecified atom stereocenters. The minimum atomic E-state index is -3.84. The monoisotopic (exact) mass is 655 g/mol. The second-order valence-electron chi connectivity index (χ2n) is 10.6. The van der Waals surface area contributed by atoms with E-state index in [0.717, 1.165) is 53.8 Å². The van der Waals surface area contributed by atoms with E-state index in [9.17, 15) is 18.0 Å². The topological polar surface area (TPSA) is 96.0 Å². The number of anilines is 1. The fraction of sp³-hybridized carbons (Fsp3) is 0.375. The van der Waals surface area contributed by atoms with Crippen LogP contribution in [0.5, 0.6) is 5.75 Å². The molecular weight excluding hydrogens is 618 g/mol. The van der Waals surface area contributed by atoms with Crippen LogP contribution in [0.3, 0.4) is 0 Å². The highest BCUT2D eigenvalue weighted by atomic mass is 79.9. The van der Waals surface area contributed by atoms with Crippen LogP contribution in [0.15, 0.2) is 83.3 Å². The van der Waals surface area contributed by atoms with Crippen LogP contribution >= 0.6 is 15.9 Å². The molecule has 4 rings (SSSR count). The molecule has 0 aliphatic heterocycles. The molecule has 224 valence electrons.